The minimum atomic E-state index is -0.140. The van der Waals surface area contributed by atoms with Crippen molar-refractivity contribution in [2.24, 2.45) is 0 Å². The fourth-order valence-corrected chi connectivity index (χ4v) is 9.57. The topological polar surface area (TPSA) is 35.6 Å². The Morgan fingerprint density at radius 2 is 0.950 bits per heavy atom. The highest BCUT2D eigenvalue weighted by Crippen LogP contribution is 2.43. The number of hydrogen-bond acceptors (Lipinski definition) is 2. The third-order valence-electron chi connectivity index (χ3n) is 12.3. The molecule has 0 aliphatic carbocycles. The van der Waals surface area contributed by atoms with Crippen molar-refractivity contribution in [3.8, 4) is 45.1 Å². The van der Waals surface area contributed by atoms with E-state index < -0.39 is 0 Å². The van der Waals surface area contributed by atoms with E-state index in [0.717, 1.165) is 28.3 Å². The fourth-order valence-electron chi connectivity index (χ4n) is 9.57. The summed E-state index contributed by atoms with van der Waals surface area (Å²) in [5.41, 5.74) is 18.1. The smallest absolute Gasteiger partial charge is 0.0715 e. The zero-order chi connectivity index (χ0) is 41.5. The highest BCUT2D eigenvalue weighted by atomic mass is 15.0. The highest BCUT2D eigenvalue weighted by molar-refractivity contribution is 6.10. The molecule has 10 aromatic rings. The van der Waals surface area contributed by atoms with Crippen molar-refractivity contribution >= 4 is 43.6 Å². The van der Waals surface area contributed by atoms with Gasteiger partial charge in [0, 0.05) is 55.8 Å². The summed E-state index contributed by atoms with van der Waals surface area (Å²) in [6.07, 6.45) is 1.95. The van der Waals surface area contributed by atoms with E-state index in [1.54, 1.807) is 0 Å². The molecule has 0 saturated heterocycles. The maximum Gasteiger partial charge on any atom is 0.0715 e. The van der Waals surface area contributed by atoms with E-state index in [2.05, 4.69) is 216 Å². The van der Waals surface area contributed by atoms with Gasteiger partial charge in [0.05, 0.1) is 39.1 Å². The molecule has 0 unspecified atom stereocenters. The van der Waals surface area contributed by atoms with Crippen LogP contribution in [-0.4, -0.2) is 19.1 Å². The van der Waals surface area contributed by atoms with Crippen LogP contribution < -0.4 is 0 Å². The second-order valence-corrected chi connectivity index (χ2v) is 18.4. The van der Waals surface area contributed by atoms with Gasteiger partial charge in [-0.15, -0.1) is 0 Å². The van der Waals surface area contributed by atoms with Crippen LogP contribution in [0.4, 0.5) is 0 Å². The van der Waals surface area contributed by atoms with Crippen LogP contribution in [0.1, 0.15) is 63.8 Å². The summed E-state index contributed by atoms with van der Waals surface area (Å²) in [5, 5.41) is 5.04. The summed E-state index contributed by atoms with van der Waals surface area (Å²) >= 11 is 0. The fraction of sp³-hybridized carbons (Fsp3) is 0.179. The summed E-state index contributed by atoms with van der Waals surface area (Å²) in [4.78, 5) is 10.6. The molecule has 4 heteroatoms. The Morgan fingerprint density at radius 1 is 0.433 bits per heavy atom. The van der Waals surface area contributed by atoms with E-state index in [9.17, 15) is 0 Å². The number of fused-ring (bicyclic) bond motifs is 6. The van der Waals surface area contributed by atoms with Crippen molar-refractivity contribution in [2.75, 3.05) is 0 Å². The Kier molecular flexibility index (Phi) is 8.69. The summed E-state index contributed by atoms with van der Waals surface area (Å²) in [6, 6.07) is 55.0. The summed E-state index contributed by atoms with van der Waals surface area (Å²) in [6.45, 7) is 18.3. The largest absolute Gasteiger partial charge is 0.309 e. The predicted octanol–water partition coefficient (Wildman–Crippen LogP) is 14.9. The minimum absolute atomic E-state index is 0.110. The minimum Gasteiger partial charge on any atom is -0.309 e. The Morgan fingerprint density at radius 3 is 1.50 bits per heavy atom. The van der Waals surface area contributed by atoms with Gasteiger partial charge in [-0.3, -0.25) is 4.98 Å². The lowest BCUT2D eigenvalue weighted by atomic mass is 9.80. The van der Waals surface area contributed by atoms with Crippen molar-refractivity contribution in [1.29, 1.82) is 0 Å². The molecule has 0 bridgehead atoms. The first-order valence-corrected chi connectivity index (χ1v) is 21.1. The SMILES string of the molecule is Cc1cc(-n2c3ccccc3c3ccccc32)cc(C(C)(C)C)c1-c1cccc(-c2ccnc(-c3c(C(C)(C)C)ccc(-n4c5ccccc5c5ccccc54)c3C)c2)n1. The van der Waals surface area contributed by atoms with Gasteiger partial charge in [-0.2, -0.15) is 0 Å². The van der Waals surface area contributed by atoms with Crippen LogP contribution in [0.3, 0.4) is 0 Å². The number of aromatic nitrogens is 4. The summed E-state index contributed by atoms with van der Waals surface area (Å²) in [7, 11) is 0. The molecule has 0 atom stereocenters. The highest BCUT2D eigenvalue weighted by Gasteiger charge is 2.26. The van der Waals surface area contributed by atoms with Gasteiger partial charge in [0.1, 0.15) is 0 Å². The number of hydrogen-bond donors (Lipinski definition) is 0. The molecular weight excluding hydrogens is 729 g/mol. The lowest BCUT2D eigenvalue weighted by Crippen LogP contribution is -2.15. The molecule has 0 aliphatic heterocycles. The van der Waals surface area contributed by atoms with Gasteiger partial charge in [0.2, 0.25) is 0 Å². The molecule has 294 valence electrons. The van der Waals surface area contributed by atoms with Gasteiger partial charge in [-0.1, -0.05) is 126 Å². The van der Waals surface area contributed by atoms with Gasteiger partial charge in [-0.25, -0.2) is 4.98 Å². The van der Waals surface area contributed by atoms with E-state index >= 15 is 0 Å². The molecule has 60 heavy (non-hydrogen) atoms. The van der Waals surface area contributed by atoms with Gasteiger partial charge in [0.25, 0.3) is 0 Å². The zero-order valence-corrected chi connectivity index (χ0v) is 35.8. The number of rotatable bonds is 5. The second kappa shape index (κ2) is 13.9. The zero-order valence-electron chi connectivity index (χ0n) is 35.8. The number of para-hydroxylation sites is 4. The van der Waals surface area contributed by atoms with Gasteiger partial charge in [-0.05, 0) is 114 Å². The lowest BCUT2D eigenvalue weighted by Gasteiger charge is -2.27. The third-order valence-corrected chi connectivity index (χ3v) is 12.3. The maximum absolute atomic E-state index is 5.46. The van der Waals surface area contributed by atoms with Crippen LogP contribution in [0.15, 0.2) is 158 Å². The Labute approximate surface area is 352 Å². The van der Waals surface area contributed by atoms with E-state index in [1.807, 2.05) is 6.20 Å². The predicted molar refractivity (Wildman–Crippen MR) is 254 cm³/mol. The number of pyridine rings is 2. The van der Waals surface area contributed by atoms with E-state index in [-0.39, 0.29) is 10.8 Å². The van der Waals surface area contributed by atoms with Crippen LogP contribution in [-0.2, 0) is 10.8 Å². The Balaban J connectivity index is 1.11. The maximum atomic E-state index is 5.46. The first kappa shape index (κ1) is 37.5. The van der Waals surface area contributed by atoms with E-state index in [0.29, 0.717) is 0 Å². The van der Waals surface area contributed by atoms with Gasteiger partial charge >= 0.3 is 0 Å². The molecular formula is C56H50N4. The van der Waals surface area contributed by atoms with E-state index in [4.69, 9.17) is 9.97 Å². The molecule has 6 aromatic carbocycles. The lowest BCUT2D eigenvalue weighted by molar-refractivity contribution is 0.590. The van der Waals surface area contributed by atoms with Crippen molar-refractivity contribution in [2.45, 2.75) is 66.2 Å². The molecule has 10 rings (SSSR count). The molecule has 0 radical (unpaired) electrons. The molecule has 0 amide bonds. The second-order valence-electron chi connectivity index (χ2n) is 18.4. The standard InChI is InChI=1S/C56H50N4/c1-35-32-38(59-49-24-13-9-18-39(49)40-19-10-14-25-50(40)59)34-44(56(6,7)8)53(35)46-23-17-22-45(58-46)37-30-31-57-47(33-37)54-36(2)48(29-28-43(54)55(3,4)5)60-51-26-15-11-20-41(51)42-21-12-16-27-52(42)60/h9-34H,1-8H3. The molecule has 4 aromatic heterocycles. The molecule has 4 heterocycles. The third kappa shape index (κ3) is 6.04. The first-order valence-electron chi connectivity index (χ1n) is 21.1. The average molecular weight is 779 g/mol. The van der Waals surface area contributed by atoms with E-state index in [1.165, 1.54) is 82.7 Å². The molecule has 0 fully saturated rings. The number of aryl methyl sites for hydroxylation is 1. The van der Waals surface area contributed by atoms with Crippen LogP contribution in [0.25, 0.3) is 88.8 Å². The Hall–Kier alpha value is -6.78. The van der Waals surface area contributed by atoms with Crippen LogP contribution >= 0.6 is 0 Å². The normalized spacial score (nSPS) is 12.3. The summed E-state index contributed by atoms with van der Waals surface area (Å²) < 4.78 is 4.84. The van der Waals surface area contributed by atoms with Gasteiger partial charge in [0.15, 0.2) is 0 Å². The van der Waals surface area contributed by atoms with Crippen LogP contribution in [0.2, 0.25) is 0 Å². The molecule has 0 N–H and O–H groups in total. The molecule has 0 aliphatic rings. The van der Waals surface area contributed by atoms with Crippen LogP contribution in [0, 0.1) is 13.8 Å². The quantitative estimate of drug-likeness (QED) is 0.174. The van der Waals surface area contributed by atoms with Crippen molar-refractivity contribution in [3.05, 3.63) is 180 Å². The molecule has 0 saturated carbocycles. The average Bonchev–Trinajstić information content (AvgIpc) is 3.76. The number of benzene rings is 6. The van der Waals surface area contributed by atoms with Crippen LogP contribution in [0.5, 0.6) is 0 Å². The van der Waals surface area contributed by atoms with Gasteiger partial charge < -0.3 is 9.13 Å². The van der Waals surface area contributed by atoms with Crippen molar-refractivity contribution < 1.29 is 0 Å². The van der Waals surface area contributed by atoms with Crippen molar-refractivity contribution in [1.82, 2.24) is 19.1 Å². The number of nitrogens with zero attached hydrogens (tertiary/aromatic N) is 4. The monoisotopic (exact) mass is 778 g/mol. The Bertz CT molecular complexity index is 3200. The molecule has 0 spiro atoms. The van der Waals surface area contributed by atoms with Crippen molar-refractivity contribution in [3.63, 3.8) is 0 Å². The molecule has 4 nitrogen and oxygen atoms in total. The summed E-state index contributed by atoms with van der Waals surface area (Å²) in [5.74, 6) is 0. The first-order chi connectivity index (χ1) is 28.9.